The molecule has 0 unspecified atom stereocenters. The number of Topliss-reactive ketones (excluding diaryl/α,β-unsaturated/α-hetero) is 1. The second kappa shape index (κ2) is 8.31. The van der Waals surface area contributed by atoms with E-state index in [1.165, 1.54) is 13.8 Å². The Balaban J connectivity index is 1.67. The van der Waals surface area contributed by atoms with Gasteiger partial charge in [0.05, 0.1) is 0 Å². The lowest BCUT2D eigenvalue weighted by Crippen LogP contribution is -2.41. The standard InChI is InChI=1S/C23H24N2O4/c1-13-8-7-9-17(12-13)22(27)25-15(3)23(28)29-16(4)21(26)20-14(2)24-19-11-6-5-10-18(19)20/h5-12,15-16,24H,1-4H3,(H,25,27)/t15-,16+/m0/s1. The molecule has 150 valence electrons. The molecular formula is C23H24N2O4. The molecule has 0 saturated heterocycles. The van der Waals surface area contributed by atoms with Gasteiger partial charge >= 0.3 is 5.97 Å². The monoisotopic (exact) mass is 392 g/mol. The van der Waals surface area contributed by atoms with Crippen LogP contribution >= 0.6 is 0 Å². The number of aromatic amines is 1. The van der Waals surface area contributed by atoms with Crippen LogP contribution in [0.25, 0.3) is 10.9 Å². The first kappa shape index (κ1) is 20.3. The summed E-state index contributed by atoms with van der Waals surface area (Å²) < 4.78 is 5.35. The largest absolute Gasteiger partial charge is 0.453 e. The lowest BCUT2D eigenvalue weighted by atomic mass is 10.0. The Morgan fingerprint density at radius 1 is 1.00 bits per heavy atom. The summed E-state index contributed by atoms with van der Waals surface area (Å²) in [7, 11) is 0. The number of benzene rings is 2. The topological polar surface area (TPSA) is 88.3 Å². The number of hydrogen-bond acceptors (Lipinski definition) is 4. The number of carbonyl (C=O) groups is 3. The van der Waals surface area contributed by atoms with Crippen molar-refractivity contribution in [1.29, 1.82) is 0 Å². The first-order chi connectivity index (χ1) is 13.8. The Bertz CT molecular complexity index is 1080. The number of H-pyrrole nitrogens is 1. The van der Waals surface area contributed by atoms with Crippen LogP contribution in [0.15, 0.2) is 48.5 Å². The average Bonchev–Trinajstić information content (AvgIpc) is 3.02. The van der Waals surface area contributed by atoms with Crippen LogP contribution in [0.2, 0.25) is 0 Å². The van der Waals surface area contributed by atoms with Crippen LogP contribution in [0.5, 0.6) is 0 Å². The van der Waals surface area contributed by atoms with Gasteiger partial charge in [-0.2, -0.15) is 0 Å². The molecule has 2 atom stereocenters. The molecule has 1 heterocycles. The molecule has 2 N–H and O–H groups in total. The minimum atomic E-state index is -0.973. The predicted molar refractivity (Wildman–Crippen MR) is 111 cm³/mol. The van der Waals surface area contributed by atoms with Gasteiger partial charge in [0.1, 0.15) is 6.04 Å². The highest BCUT2D eigenvalue weighted by molar-refractivity contribution is 6.11. The summed E-state index contributed by atoms with van der Waals surface area (Å²) in [5, 5.41) is 3.40. The van der Waals surface area contributed by atoms with E-state index in [-0.39, 0.29) is 11.7 Å². The van der Waals surface area contributed by atoms with Crippen LogP contribution in [0.3, 0.4) is 0 Å². The molecule has 0 aliphatic carbocycles. The Hall–Kier alpha value is -3.41. The summed E-state index contributed by atoms with van der Waals surface area (Å²) in [6.07, 6.45) is -0.973. The normalized spacial score (nSPS) is 13.0. The van der Waals surface area contributed by atoms with E-state index in [0.29, 0.717) is 11.1 Å². The van der Waals surface area contributed by atoms with E-state index in [0.717, 1.165) is 22.2 Å². The number of amides is 1. The number of aryl methyl sites for hydroxylation is 2. The SMILES string of the molecule is Cc1cccc(C(=O)N[C@@H](C)C(=O)O[C@H](C)C(=O)c2c(C)[nH]c3ccccc23)c1. The second-order valence-corrected chi connectivity index (χ2v) is 7.18. The smallest absolute Gasteiger partial charge is 0.329 e. The molecule has 6 heteroatoms. The molecule has 3 rings (SSSR count). The number of hydrogen-bond donors (Lipinski definition) is 2. The van der Waals surface area contributed by atoms with Crippen molar-refractivity contribution in [3.8, 4) is 0 Å². The quantitative estimate of drug-likeness (QED) is 0.494. The zero-order chi connectivity index (χ0) is 21.1. The number of aromatic nitrogens is 1. The first-order valence-corrected chi connectivity index (χ1v) is 9.47. The molecule has 0 radical (unpaired) electrons. The van der Waals surface area contributed by atoms with Crippen molar-refractivity contribution in [2.75, 3.05) is 0 Å². The fourth-order valence-corrected chi connectivity index (χ4v) is 3.25. The summed E-state index contributed by atoms with van der Waals surface area (Å²) in [5.41, 5.74) is 3.49. The van der Waals surface area contributed by atoms with Crippen molar-refractivity contribution in [2.45, 2.75) is 39.8 Å². The number of carbonyl (C=O) groups excluding carboxylic acids is 3. The maximum atomic E-state index is 12.9. The zero-order valence-electron chi connectivity index (χ0n) is 16.9. The lowest BCUT2D eigenvalue weighted by molar-refractivity contribution is -0.148. The third-order valence-corrected chi connectivity index (χ3v) is 4.78. The van der Waals surface area contributed by atoms with E-state index in [1.807, 2.05) is 44.2 Å². The van der Waals surface area contributed by atoms with Crippen LogP contribution in [0.4, 0.5) is 0 Å². The van der Waals surface area contributed by atoms with Gasteiger partial charge in [-0.1, -0.05) is 35.9 Å². The molecule has 0 bridgehead atoms. The summed E-state index contributed by atoms with van der Waals surface area (Å²) in [5.74, 6) is -1.32. The van der Waals surface area contributed by atoms with Gasteiger partial charge in [-0.05, 0) is 45.9 Å². The highest BCUT2D eigenvalue weighted by Gasteiger charge is 2.27. The molecule has 0 spiro atoms. The van der Waals surface area contributed by atoms with Crippen molar-refractivity contribution in [1.82, 2.24) is 10.3 Å². The van der Waals surface area contributed by atoms with E-state index in [4.69, 9.17) is 4.74 Å². The molecule has 0 saturated carbocycles. The Morgan fingerprint density at radius 2 is 1.72 bits per heavy atom. The molecule has 6 nitrogen and oxygen atoms in total. The Kier molecular flexibility index (Phi) is 5.82. The number of ketones is 1. The summed E-state index contributed by atoms with van der Waals surface area (Å²) in [6, 6.07) is 13.7. The molecule has 2 aromatic carbocycles. The van der Waals surface area contributed by atoms with Gasteiger partial charge in [0.25, 0.3) is 5.91 Å². The Morgan fingerprint density at radius 3 is 2.45 bits per heavy atom. The summed E-state index contributed by atoms with van der Waals surface area (Å²) in [4.78, 5) is 40.8. The minimum Gasteiger partial charge on any atom is -0.453 e. The van der Waals surface area contributed by atoms with Gasteiger partial charge in [-0.3, -0.25) is 9.59 Å². The van der Waals surface area contributed by atoms with Crippen LogP contribution in [-0.2, 0) is 9.53 Å². The summed E-state index contributed by atoms with van der Waals surface area (Å²) >= 11 is 0. The Labute approximate surface area is 169 Å². The van der Waals surface area contributed by atoms with Gasteiger partial charge in [0, 0.05) is 27.7 Å². The van der Waals surface area contributed by atoms with Crippen molar-refractivity contribution >= 4 is 28.6 Å². The number of nitrogens with one attached hydrogen (secondary N) is 2. The van der Waals surface area contributed by atoms with Crippen molar-refractivity contribution < 1.29 is 19.1 Å². The molecule has 0 aliphatic rings. The molecule has 3 aromatic rings. The molecule has 1 aromatic heterocycles. The van der Waals surface area contributed by atoms with E-state index in [1.54, 1.807) is 18.2 Å². The number of fused-ring (bicyclic) bond motifs is 1. The van der Waals surface area contributed by atoms with E-state index in [9.17, 15) is 14.4 Å². The first-order valence-electron chi connectivity index (χ1n) is 9.47. The average molecular weight is 392 g/mol. The van der Waals surface area contributed by atoms with Gasteiger partial charge in [-0.15, -0.1) is 0 Å². The highest BCUT2D eigenvalue weighted by Crippen LogP contribution is 2.24. The fraction of sp³-hybridized carbons (Fsp3) is 0.261. The van der Waals surface area contributed by atoms with Crippen LogP contribution in [0.1, 0.15) is 45.8 Å². The number of ether oxygens (including phenoxy) is 1. The number of rotatable bonds is 6. The fourth-order valence-electron chi connectivity index (χ4n) is 3.25. The van der Waals surface area contributed by atoms with Gasteiger partial charge in [-0.25, -0.2) is 4.79 Å². The number of para-hydroxylation sites is 1. The van der Waals surface area contributed by atoms with Gasteiger partial charge < -0.3 is 15.0 Å². The lowest BCUT2D eigenvalue weighted by Gasteiger charge is -2.17. The van der Waals surface area contributed by atoms with Gasteiger partial charge in [0.15, 0.2) is 6.10 Å². The van der Waals surface area contributed by atoms with E-state index in [2.05, 4.69) is 10.3 Å². The van der Waals surface area contributed by atoms with E-state index >= 15 is 0 Å². The predicted octanol–water partition coefficient (Wildman–Crippen LogP) is 3.72. The van der Waals surface area contributed by atoms with Crippen molar-refractivity contribution in [2.24, 2.45) is 0 Å². The number of esters is 1. The molecule has 29 heavy (non-hydrogen) atoms. The van der Waals surface area contributed by atoms with Crippen LogP contribution in [-0.4, -0.2) is 34.8 Å². The zero-order valence-corrected chi connectivity index (χ0v) is 16.9. The van der Waals surface area contributed by atoms with Gasteiger partial charge in [0.2, 0.25) is 5.78 Å². The van der Waals surface area contributed by atoms with Crippen molar-refractivity contribution in [3.05, 3.63) is 70.9 Å². The third-order valence-electron chi connectivity index (χ3n) is 4.78. The second-order valence-electron chi connectivity index (χ2n) is 7.18. The third kappa shape index (κ3) is 4.37. The molecule has 0 fully saturated rings. The highest BCUT2D eigenvalue weighted by atomic mass is 16.5. The van der Waals surface area contributed by atoms with Crippen LogP contribution < -0.4 is 5.32 Å². The maximum Gasteiger partial charge on any atom is 0.329 e. The molecule has 0 aliphatic heterocycles. The maximum absolute atomic E-state index is 12.9. The van der Waals surface area contributed by atoms with Crippen molar-refractivity contribution in [3.63, 3.8) is 0 Å². The van der Waals surface area contributed by atoms with Crippen LogP contribution in [0, 0.1) is 13.8 Å². The summed E-state index contributed by atoms with van der Waals surface area (Å²) in [6.45, 7) is 6.77. The molecule has 1 amide bonds. The molecular weight excluding hydrogens is 368 g/mol. The minimum absolute atomic E-state index is 0.287. The van der Waals surface area contributed by atoms with E-state index < -0.39 is 18.1 Å².